The molecule has 0 bridgehead atoms. The Hall–Kier alpha value is -1.61. The van der Waals surface area contributed by atoms with Gasteiger partial charge in [0.15, 0.2) is 11.2 Å². The number of thiazole rings is 1. The lowest BCUT2D eigenvalue weighted by Gasteiger charge is -1.83. The Kier molecular flexibility index (Phi) is 2.09. The Labute approximate surface area is 85.4 Å². The van der Waals surface area contributed by atoms with Crippen LogP contribution < -0.4 is 5.73 Å². The van der Waals surface area contributed by atoms with Crippen LogP contribution in [-0.2, 0) is 0 Å². The van der Waals surface area contributed by atoms with E-state index in [-0.39, 0.29) is 5.13 Å². The van der Waals surface area contributed by atoms with Crippen molar-refractivity contribution in [1.29, 1.82) is 0 Å². The van der Waals surface area contributed by atoms with E-state index in [9.17, 15) is 10.1 Å². The highest BCUT2D eigenvalue weighted by atomic mass is 32.1. The van der Waals surface area contributed by atoms with E-state index in [1.165, 1.54) is 17.5 Å². The molecule has 0 unspecified atom stereocenters. The molecule has 2 aromatic rings. The highest BCUT2D eigenvalue weighted by molar-refractivity contribution is 7.24. The van der Waals surface area contributed by atoms with Crippen LogP contribution in [0.15, 0.2) is 6.20 Å². The molecule has 0 aliphatic rings. The Morgan fingerprint density at radius 2 is 2.21 bits per heavy atom. The maximum atomic E-state index is 10.3. The Morgan fingerprint density at radius 3 is 2.71 bits per heavy atom. The second kappa shape index (κ2) is 3.27. The van der Waals surface area contributed by atoms with Crippen LogP contribution in [0.3, 0.4) is 0 Å². The second-order valence-corrected chi connectivity index (χ2v) is 4.23. The summed E-state index contributed by atoms with van der Waals surface area (Å²) in [5, 5.41) is 18.4. The first-order chi connectivity index (χ1) is 6.66. The van der Waals surface area contributed by atoms with E-state index in [1.807, 2.05) is 0 Å². The predicted molar refractivity (Wildman–Crippen MR) is 52.1 cm³/mol. The van der Waals surface area contributed by atoms with Gasteiger partial charge in [0.25, 0.3) is 0 Å². The van der Waals surface area contributed by atoms with Gasteiger partial charge in [0.1, 0.15) is 4.88 Å². The third kappa shape index (κ3) is 1.54. The third-order valence-electron chi connectivity index (χ3n) is 1.30. The molecule has 0 aliphatic heterocycles. The molecule has 0 spiro atoms. The standard InChI is InChI=1S/C5H3N5O2S2/c6-4-9-8-3(14-4)2-1-7-5(13-2)10(11)12/h1H,(H2,6,9). The molecule has 0 fully saturated rings. The van der Waals surface area contributed by atoms with Crippen LogP contribution in [0.4, 0.5) is 10.3 Å². The Morgan fingerprint density at radius 1 is 1.43 bits per heavy atom. The zero-order chi connectivity index (χ0) is 10.1. The van der Waals surface area contributed by atoms with Crippen LogP contribution in [0, 0.1) is 10.1 Å². The van der Waals surface area contributed by atoms with Crippen molar-refractivity contribution in [3.63, 3.8) is 0 Å². The zero-order valence-electron chi connectivity index (χ0n) is 6.58. The maximum Gasteiger partial charge on any atom is 0.423 e. The molecule has 0 saturated carbocycles. The van der Waals surface area contributed by atoms with Crippen molar-refractivity contribution in [3.05, 3.63) is 16.3 Å². The number of nitrogens with two attached hydrogens (primary N) is 1. The summed E-state index contributed by atoms with van der Waals surface area (Å²) in [6, 6.07) is 0. The highest BCUT2D eigenvalue weighted by Crippen LogP contribution is 2.32. The predicted octanol–water partition coefficient (Wildman–Crippen LogP) is 1.15. The number of aromatic nitrogens is 3. The summed E-state index contributed by atoms with van der Waals surface area (Å²) in [6.45, 7) is 0. The van der Waals surface area contributed by atoms with E-state index in [2.05, 4.69) is 15.2 Å². The fraction of sp³-hybridized carbons (Fsp3) is 0. The zero-order valence-corrected chi connectivity index (χ0v) is 8.21. The fourth-order valence-corrected chi connectivity index (χ4v) is 2.16. The number of anilines is 1. The third-order valence-corrected chi connectivity index (χ3v) is 3.17. The van der Waals surface area contributed by atoms with Gasteiger partial charge in [0.2, 0.25) is 5.13 Å². The lowest BCUT2D eigenvalue weighted by atomic mass is 10.6. The molecule has 7 nitrogen and oxygen atoms in total. The average Bonchev–Trinajstić information content (AvgIpc) is 2.70. The summed E-state index contributed by atoms with van der Waals surface area (Å²) < 4.78 is 0. The van der Waals surface area contributed by atoms with Gasteiger partial charge in [-0.05, 0) is 21.2 Å². The number of nitro groups is 1. The van der Waals surface area contributed by atoms with Gasteiger partial charge in [-0.1, -0.05) is 11.3 Å². The van der Waals surface area contributed by atoms with Crippen molar-refractivity contribution in [2.75, 3.05) is 5.73 Å². The van der Waals surface area contributed by atoms with Crippen molar-refractivity contribution in [2.45, 2.75) is 0 Å². The average molecular weight is 229 g/mol. The normalized spacial score (nSPS) is 10.3. The molecule has 2 rings (SSSR count). The van der Waals surface area contributed by atoms with Gasteiger partial charge in [-0.15, -0.1) is 10.2 Å². The van der Waals surface area contributed by atoms with Crippen molar-refractivity contribution in [3.8, 4) is 9.88 Å². The molecular weight excluding hydrogens is 226 g/mol. The van der Waals surface area contributed by atoms with E-state index in [4.69, 9.17) is 5.73 Å². The topological polar surface area (TPSA) is 108 Å². The van der Waals surface area contributed by atoms with E-state index >= 15 is 0 Å². The summed E-state index contributed by atoms with van der Waals surface area (Å²) in [4.78, 5) is 14.0. The number of nitrogen functional groups attached to an aromatic ring is 1. The molecule has 2 N–H and O–H groups in total. The summed E-state index contributed by atoms with van der Waals surface area (Å²) in [5.41, 5.74) is 5.38. The summed E-state index contributed by atoms with van der Waals surface area (Å²) in [5.74, 6) is 0. The first-order valence-corrected chi connectivity index (χ1v) is 4.99. The molecule has 72 valence electrons. The molecule has 0 amide bonds. The van der Waals surface area contributed by atoms with Crippen molar-refractivity contribution < 1.29 is 4.92 Å². The largest absolute Gasteiger partial charge is 0.423 e. The van der Waals surface area contributed by atoms with Crippen molar-refractivity contribution >= 4 is 32.9 Å². The van der Waals surface area contributed by atoms with Crippen LogP contribution >= 0.6 is 22.7 Å². The van der Waals surface area contributed by atoms with Gasteiger partial charge in [-0.25, -0.2) is 0 Å². The number of rotatable bonds is 2. The van der Waals surface area contributed by atoms with E-state index in [0.717, 1.165) is 11.3 Å². The van der Waals surface area contributed by atoms with Gasteiger partial charge in [0, 0.05) is 0 Å². The molecule has 9 heteroatoms. The van der Waals surface area contributed by atoms with Gasteiger partial charge < -0.3 is 15.8 Å². The first kappa shape index (κ1) is 8.97. The molecule has 14 heavy (non-hydrogen) atoms. The van der Waals surface area contributed by atoms with Crippen LogP contribution in [0.2, 0.25) is 0 Å². The number of hydrogen-bond donors (Lipinski definition) is 1. The van der Waals surface area contributed by atoms with Gasteiger partial charge in [-0.3, -0.25) is 0 Å². The quantitative estimate of drug-likeness (QED) is 0.611. The SMILES string of the molecule is Nc1nnc(-c2cnc([N+](=O)[O-])s2)s1. The smallest absolute Gasteiger partial charge is 0.374 e. The Balaban J connectivity index is 2.38. The van der Waals surface area contributed by atoms with Crippen LogP contribution in [0.5, 0.6) is 0 Å². The van der Waals surface area contributed by atoms with Crippen LogP contribution in [0.1, 0.15) is 0 Å². The van der Waals surface area contributed by atoms with Crippen molar-refractivity contribution in [1.82, 2.24) is 15.2 Å². The minimum Gasteiger partial charge on any atom is -0.374 e. The van der Waals surface area contributed by atoms with Gasteiger partial charge >= 0.3 is 5.13 Å². The molecule has 0 atom stereocenters. The fourth-order valence-electron chi connectivity index (χ4n) is 0.782. The molecule has 0 aliphatic carbocycles. The van der Waals surface area contributed by atoms with E-state index < -0.39 is 4.92 Å². The van der Waals surface area contributed by atoms with E-state index in [1.54, 1.807) is 0 Å². The van der Waals surface area contributed by atoms with Gasteiger partial charge in [-0.2, -0.15) is 0 Å². The maximum absolute atomic E-state index is 10.3. The summed E-state index contributed by atoms with van der Waals surface area (Å²) >= 11 is 2.12. The molecule has 2 heterocycles. The highest BCUT2D eigenvalue weighted by Gasteiger charge is 2.16. The summed E-state index contributed by atoms with van der Waals surface area (Å²) in [6.07, 6.45) is 1.39. The molecule has 0 aromatic carbocycles. The lowest BCUT2D eigenvalue weighted by Crippen LogP contribution is -1.83. The number of hydrogen-bond acceptors (Lipinski definition) is 8. The molecule has 2 aromatic heterocycles. The monoisotopic (exact) mass is 229 g/mol. The van der Waals surface area contributed by atoms with Crippen molar-refractivity contribution in [2.24, 2.45) is 0 Å². The van der Waals surface area contributed by atoms with Crippen LogP contribution in [-0.4, -0.2) is 20.1 Å². The Bertz CT molecular complexity index is 478. The molecule has 0 radical (unpaired) electrons. The minimum absolute atomic E-state index is 0.159. The summed E-state index contributed by atoms with van der Waals surface area (Å²) in [7, 11) is 0. The molecular formula is C5H3N5O2S2. The minimum atomic E-state index is -0.543. The van der Waals surface area contributed by atoms with E-state index in [0.29, 0.717) is 15.0 Å². The lowest BCUT2D eigenvalue weighted by molar-refractivity contribution is -0.384. The number of nitrogens with zero attached hydrogens (tertiary/aromatic N) is 4. The first-order valence-electron chi connectivity index (χ1n) is 3.36. The van der Waals surface area contributed by atoms with Gasteiger partial charge in [0.05, 0.1) is 0 Å². The van der Waals surface area contributed by atoms with Crippen LogP contribution in [0.25, 0.3) is 9.88 Å². The second-order valence-electron chi connectivity index (χ2n) is 2.21. The molecule has 0 saturated heterocycles.